The number of amides is 6. The highest BCUT2D eigenvalue weighted by atomic mass is 16.5. The number of fused-ring (bicyclic) bond motifs is 5. The molecule has 3 aromatic carbocycles. The van der Waals surface area contributed by atoms with Crippen LogP contribution in [0.3, 0.4) is 0 Å². The van der Waals surface area contributed by atoms with Gasteiger partial charge in [-0.2, -0.15) is 5.26 Å². The largest absolute Gasteiger partial charge is 0.492 e. The Morgan fingerprint density at radius 3 is 2.22 bits per heavy atom. The fourth-order valence-corrected chi connectivity index (χ4v) is 6.61. The van der Waals surface area contributed by atoms with Crippen LogP contribution < -0.4 is 47.5 Å². The van der Waals surface area contributed by atoms with Gasteiger partial charge in [-0.15, -0.1) is 0 Å². The summed E-state index contributed by atoms with van der Waals surface area (Å²) in [6.07, 6.45) is 3.00. The quantitative estimate of drug-likeness (QED) is 0.0942. The summed E-state index contributed by atoms with van der Waals surface area (Å²) < 4.78 is 12.1. The molecular formula is C43H55N9O8. The summed E-state index contributed by atoms with van der Waals surface area (Å²) in [4.78, 5) is 81.7. The zero-order valence-corrected chi connectivity index (χ0v) is 34.5. The number of unbranched alkanes of at least 4 members (excludes halogenated alkanes) is 1. The second-order valence-corrected chi connectivity index (χ2v) is 14.4. The van der Waals surface area contributed by atoms with Crippen LogP contribution in [-0.4, -0.2) is 105 Å². The minimum atomic E-state index is -1.36. The molecule has 9 N–H and O–H groups in total. The van der Waals surface area contributed by atoms with Crippen LogP contribution in [0.2, 0.25) is 0 Å². The van der Waals surface area contributed by atoms with Crippen molar-refractivity contribution in [2.24, 2.45) is 11.5 Å². The van der Waals surface area contributed by atoms with Crippen molar-refractivity contribution in [1.82, 2.24) is 31.5 Å². The van der Waals surface area contributed by atoms with Gasteiger partial charge in [0.15, 0.2) is 0 Å². The van der Waals surface area contributed by atoms with Crippen LogP contribution in [0.4, 0.5) is 0 Å². The van der Waals surface area contributed by atoms with Crippen molar-refractivity contribution in [2.45, 2.75) is 64.6 Å². The number of benzene rings is 3. The van der Waals surface area contributed by atoms with Gasteiger partial charge in [-0.05, 0) is 79.3 Å². The van der Waals surface area contributed by atoms with E-state index in [1.54, 1.807) is 42.5 Å². The maximum absolute atomic E-state index is 14.2. The summed E-state index contributed by atoms with van der Waals surface area (Å²) in [5.74, 6) is -3.03. The zero-order valence-electron chi connectivity index (χ0n) is 34.5. The molecule has 4 bridgehead atoms. The van der Waals surface area contributed by atoms with E-state index >= 15 is 0 Å². The molecule has 320 valence electrons. The fourth-order valence-electron chi connectivity index (χ4n) is 6.61. The molecule has 1 aliphatic rings. The Morgan fingerprint density at radius 2 is 1.57 bits per heavy atom. The van der Waals surface area contributed by atoms with Crippen LogP contribution in [-0.2, 0) is 36.8 Å². The third kappa shape index (κ3) is 12.5. The third-order valence-corrected chi connectivity index (χ3v) is 9.80. The van der Waals surface area contributed by atoms with E-state index in [2.05, 4.69) is 33.5 Å². The van der Waals surface area contributed by atoms with Gasteiger partial charge < -0.3 is 52.4 Å². The first kappa shape index (κ1) is 46.2. The Labute approximate surface area is 349 Å². The van der Waals surface area contributed by atoms with Crippen LogP contribution in [0.5, 0.6) is 11.5 Å². The number of rotatable bonds is 17. The summed E-state index contributed by atoms with van der Waals surface area (Å²) in [6, 6.07) is 13.8. The number of nitrogens with two attached hydrogens (primary N) is 2. The third-order valence-electron chi connectivity index (χ3n) is 9.80. The SMILES string of the molecule is CCCCc1ccc(C(=O)NCC(=O)NCC(=O)N(C)C2C(=O)N[C@@H](C)C(=O)NC(C(=O)NCC#N)Cc3ccc(OCCN)c(c3)-c3cc2ccc3OCCN)c(C)c1. The van der Waals surface area contributed by atoms with Crippen LogP contribution in [0.15, 0.2) is 54.6 Å². The van der Waals surface area contributed by atoms with Crippen molar-refractivity contribution in [3.63, 3.8) is 0 Å². The van der Waals surface area contributed by atoms with Gasteiger partial charge in [0.25, 0.3) is 5.91 Å². The number of nitrogens with zero attached hydrogens (tertiary/aromatic N) is 2. The lowest BCUT2D eigenvalue weighted by Gasteiger charge is -2.30. The lowest BCUT2D eigenvalue weighted by Crippen LogP contribution is -2.55. The molecule has 0 saturated heterocycles. The maximum atomic E-state index is 14.2. The summed E-state index contributed by atoms with van der Waals surface area (Å²) in [5, 5.41) is 22.0. The standard InChI is InChI=1S/C43H55N9O8/c1-5-6-7-28-8-11-31(26(2)20-28)41(56)49-24-37(53)48-25-38(54)52(4)39-30-10-13-36(60-19-16-46)33(23-30)32-21-29(9-12-35(32)59-18-15-45)22-34(42(57)47-17-14-44)51-40(55)27(3)50-43(39)58/h8-13,20-21,23,27,34,39H,5-7,15-19,22,24-25,45-46H2,1-4H3,(H,47,57)(H,48,53)(H,49,56)(H,50,58)(H,51,55)/t27-,34?,39?/m0/s1. The molecule has 6 amide bonds. The number of carbonyl (C=O) groups is 6. The molecule has 17 nitrogen and oxygen atoms in total. The monoisotopic (exact) mass is 825 g/mol. The molecule has 0 spiro atoms. The molecule has 17 heteroatoms. The van der Waals surface area contributed by atoms with E-state index in [1.807, 2.05) is 25.1 Å². The molecule has 0 fully saturated rings. The molecular weight excluding hydrogens is 771 g/mol. The first-order valence-corrected chi connectivity index (χ1v) is 19.9. The Bertz CT molecular complexity index is 2090. The number of carbonyl (C=O) groups excluding carboxylic acids is 6. The van der Waals surface area contributed by atoms with Gasteiger partial charge in [0.05, 0.1) is 19.2 Å². The zero-order chi connectivity index (χ0) is 43.8. The van der Waals surface area contributed by atoms with Crippen molar-refractivity contribution in [3.05, 3.63) is 82.4 Å². The molecule has 1 aliphatic heterocycles. The highest BCUT2D eigenvalue weighted by molar-refractivity contribution is 5.99. The van der Waals surface area contributed by atoms with Gasteiger partial charge in [0.2, 0.25) is 29.5 Å². The van der Waals surface area contributed by atoms with Gasteiger partial charge in [-0.1, -0.05) is 37.6 Å². The maximum Gasteiger partial charge on any atom is 0.251 e. The Kier molecular flexibility index (Phi) is 17.4. The highest BCUT2D eigenvalue weighted by Crippen LogP contribution is 2.40. The summed E-state index contributed by atoms with van der Waals surface area (Å²) in [5.41, 5.74) is 15.8. The van der Waals surface area contributed by atoms with E-state index in [-0.39, 0.29) is 39.3 Å². The van der Waals surface area contributed by atoms with Crippen molar-refractivity contribution in [3.8, 4) is 28.7 Å². The topological polar surface area (TPSA) is 260 Å². The molecule has 60 heavy (non-hydrogen) atoms. The number of aryl methyl sites for hydroxylation is 2. The van der Waals surface area contributed by atoms with Gasteiger partial charge in [-0.25, -0.2) is 0 Å². The smallest absolute Gasteiger partial charge is 0.251 e. The van der Waals surface area contributed by atoms with E-state index < -0.39 is 66.7 Å². The first-order chi connectivity index (χ1) is 28.8. The molecule has 4 rings (SSSR count). The van der Waals surface area contributed by atoms with Crippen LogP contribution >= 0.6 is 0 Å². The number of hydrogen-bond acceptors (Lipinski definition) is 11. The van der Waals surface area contributed by atoms with E-state index in [0.29, 0.717) is 39.3 Å². The molecule has 0 radical (unpaired) electrons. The van der Waals surface area contributed by atoms with Crippen molar-refractivity contribution >= 4 is 35.4 Å². The molecule has 1 heterocycles. The van der Waals surface area contributed by atoms with Gasteiger partial charge >= 0.3 is 0 Å². The minimum Gasteiger partial charge on any atom is -0.492 e. The van der Waals surface area contributed by atoms with Crippen molar-refractivity contribution in [2.75, 3.05) is 53.0 Å². The molecule has 0 aliphatic carbocycles. The number of hydrogen-bond donors (Lipinski definition) is 7. The molecule has 2 unspecified atom stereocenters. The van der Waals surface area contributed by atoms with Gasteiger partial charge in [0, 0.05) is 43.2 Å². The van der Waals surface area contributed by atoms with Crippen molar-refractivity contribution in [1.29, 1.82) is 5.26 Å². The Hall–Kier alpha value is -6.51. The summed E-state index contributed by atoms with van der Waals surface area (Å²) >= 11 is 0. The van der Waals surface area contributed by atoms with Crippen molar-refractivity contribution < 1.29 is 38.2 Å². The predicted octanol–water partition coefficient (Wildman–Crippen LogP) is 0.911. The normalized spacial score (nSPS) is 16.2. The molecule has 3 atom stereocenters. The predicted molar refractivity (Wildman–Crippen MR) is 223 cm³/mol. The minimum absolute atomic E-state index is 0.00758. The Morgan fingerprint density at radius 1 is 0.883 bits per heavy atom. The number of likely N-dealkylation sites (N-methyl/N-ethyl adjacent to an activating group) is 1. The van der Waals surface area contributed by atoms with Crippen LogP contribution in [0.25, 0.3) is 11.1 Å². The lowest BCUT2D eigenvalue weighted by molar-refractivity contribution is -0.140. The Balaban J connectivity index is 1.66. The second kappa shape index (κ2) is 22.6. The second-order valence-electron chi connectivity index (χ2n) is 14.4. The lowest BCUT2D eigenvalue weighted by atomic mass is 9.93. The number of nitrogens with one attached hydrogen (secondary N) is 5. The van der Waals surface area contributed by atoms with Gasteiger partial charge in [-0.3, -0.25) is 28.8 Å². The first-order valence-electron chi connectivity index (χ1n) is 19.9. The van der Waals surface area contributed by atoms with E-state index in [1.165, 1.54) is 14.0 Å². The molecule has 3 aromatic rings. The van der Waals surface area contributed by atoms with Gasteiger partial charge in [0.1, 0.15) is 49.4 Å². The number of ether oxygens (including phenoxy) is 2. The average molecular weight is 826 g/mol. The van der Waals surface area contributed by atoms with E-state index in [4.69, 9.17) is 26.2 Å². The summed E-state index contributed by atoms with van der Waals surface area (Å²) in [7, 11) is 1.38. The molecule has 0 saturated carbocycles. The van der Waals surface area contributed by atoms with Crippen LogP contribution in [0, 0.1) is 18.3 Å². The highest BCUT2D eigenvalue weighted by Gasteiger charge is 2.33. The fraction of sp³-hybridized carbons (Fsp3) is 0.419. The average Bonchev–Trinajstić information content (AvgIpc) is 3.24. The molecule has 0 aromatic heterocycles. The summed E-state index contributed by atoms with van der Waals surface area (Å²) in [6.45, 7) is 4.83. The van der Waals surface area contributed by atoms with Crippen LogP contribution in [0.1, 0.15) is 65.3 Å². The van der Waals surface area contributed by atoms with E-state index in [9.17, 15) is 28.8 Å². The van der Waals surface area contributed by atoms with E-state index in [0.717, 1.165) is 35.3 Å². The number of nitriles is 1.